The predicted molar refractivity (Wildman–Crippen MR) is 67.2 cm³/mol. The van der Waals surface area contributed by atoms with Gasteiger partial charge in [0.2, 0.25) is 0 Å². The molecule has 0 aliphatic rings. The molecule has 1 aromatic rings. The zero-order valence-electron chi connectivity index (χ0n) is 9.59. The SMILES string of the molecule is CC(C)CCCNCc1ccccc1Cl. The Morgan fingerprint density at radius 3 is 2.67 bits per heavy atom. The third-order valence-corrected chi connectivity index (χ3v) is 2.78. The van der Waals surface area contributed by atoms with Crippen LogP contribution in [0.1, 0.15) is 32.3 Å². The number of benzene rings is 1. The molecule has 0 amide bonds. The molecule has 0 saturated heterocycles. The van der Waals surface area contributed by atoms with E-state index in [1.54, 1.807) is 0 Å². The van der Waals surface area contributed by atoms with Crippen molar-refractivity contribution in [3.63, 3.8) is 0 Å². The molecule has 0 unspecified atom stereocenters. The lowest BCUT2D eigenvalue weighted by molar-refractivity contribution is 0.527. The monoisotopic (exact) mass is 225 g/mol. The quantitative estimate of drug-likeness (QED) is 0.725. The van der Waals surface area contributed by atoms with Gasteiger partial charge in [-0.05, 0) is 36.9 Å². The maximum Gasteiger partial charge on any atom is 0.0450 e. The fourth-order valence-electron chi connectivity index (χ4n) is 1.50. The molecule has 0 atom stereocenters. The highest BCUT2D eigenvalue weighted by atomic mass is 35.5. The molecule has 0 heterocycles. The van der Waals surface area contributed by atoms with Crippen molar-refractivity contribution in [2.75, 3.05) is 6.54 Å². The van der Waals surface area contributed by atoms with Crippen molar-refractivity contribution in [2.45, 2.75) is 33.2 Å². The van der Waals surface area contributed by atoms with E-state index in [2.05, 4.69) is 25.2 Å². The summed E-state index contributed by atoms with van der Waals surface area (Å²) in [5.41, 5.74) is 1.18. The highest BCUT2D eigenvalue weighted by molar-refractivity contribution is 6.31. The van der Waals surface area contributed by atoms with Gasteiger partial charge in [0, 0.05) is 11.6 Å². The van der Waals surface area contributed by atoms with Gasteiger partial charge in [0.25, 0.3) is 0 Å². The van der Waals surface area contributed by atoms with Crippen LogP contribution in [0.25, 0.3) is 0 Å². The Bertz CT molecular complexity index is 284. The lowest BCUT2D eigenvalue weighted by Crippen LogP contribution is -2.15. The Balaban J connectivity index is 2.18. The molecule has 0 aromatic heterocycles. The Morgan fingerprint density at radius 2 is 2.00 bits per heavy atom. The first-order valence-electron chi connectivity index (χ1n) is 5.64. The van der Waals surface area contributed by atoms with Crippen LogP contribution >= 0.6 is 11.6 Å². The second-order valence-electron chi connectivity index (χ2n) is 4.30. The van der Waals surface area contributed by atoms with Gasteiger partial charge in [0.15, 0.2) is 0 Å². The zero-order chi connectivity index (χ0) is 11.1. The minimum Gasteiger partial charge on any atom is -0.313 e. The van der Waals surface area contributed by atoms with Crippen molar-refractivity contribution in [2.24, 2.45) is 5.92 Å². The normalized spacial score (nSPS) is 10.9. The summed E-state index contributed by atoms with van der Waals surface area (Å²) in [6.45, 7) is 6.46. The van der Waals surface area contributed by atoms with Crippen LogP contribution in [-0.2, 0) is 6.54 Å². The smallest absolute Gasteiger partial charge is 0.0450 e. The van der Waals surface area contributed by atoms with Crippen molar-refractivity contribution < 1.29 is 0 Å². The summed E-state index contributed by atoms with van der Waals surface area (Å²) in [5, 5.41) is 4.27. The highest BCUT2D eigenvalue weighted by Gasteiger charge is 1.98. The van der Waals surface area contributed by atoms with Gasteiger partial charge < -0.3 is 5.32 Å². The van der Waals surface area contributed by atoms with E-state index in [9.17, 15) is 0 Å². The number of nitrogens with one attached hydrogen (secondary N) is 1. The summed E-state index contributed by atoms with van der Waals surface area (Å²) in [7, 11) is 0. The van der Waals surface area contributed by atoms with Gasteiger partial charge >= 0.3 is 0 Å². The molecule has 1 aromatic carbocycles. The standard InChI is InChI=1S/C13H20ClN/c1-11(2)6-5-9-15-10-12-7-3-4-8-13(12)14/h3-4,7-8,11,15H,5-6,9-10H2,1-2H3. The third-order valence-electron chi connectivity index (χ3n) is 2.41. The first-order chi connectivity index (χ1) is 7.20. The van der Waals surface area contributed by atoms with Crippen LogP contribution in [0.5, 0.6) is 0 Å². The lowest BCUT2D eigenvalue weighted by atomic mass is 10.1. The van der Waals surface area contributed by atoms with E-state index in [4.69, 9.17) is 11.6 Å². The molecule has 0 aliphatic carbocycles. The first-order valence-corrected chi connectivity index (χ1v) is 6.02. The second-order valence-corrected chi connectivity index (χ2v) is 4.71. The highest BCUT2D eigenvalue weighted by Crippen LogP contribution is 2.14. The van der Waals surface area contributed by atoms with Crippen LogP contribution in [0.2, 0.25) is 5.02 Å². The Hall–Kier alpha value is -0.530. The van der Waals surface area contributed by atoms with E-state index < -0.39 is 0 Å². The van der Waals surface area contributed by atoms with Gasteiger partial charge in [-0.2, -0.15) is 0 Å². The van der Waals surface area contributed by atoms with Crippen LogP contribution in [0.3, 0.4) is 0 Å². The van der Waals surface area contributed by atoms with Crippen molar-refractivity contribution in [3.05, 3.63) is 34.9 Å². The minimum absolute atomic E-state index is 0.798. The molecule has 84 valence electrons. The predicted octanol–water partition coefficient (Wildman–Crippen LogP) is 3.87. The van der Waals surface area contributed by atoms with Gasteiger partial charge in [0.05, 0.1) is 0 Å². The number of halogens is 1. The van der Waals surface area contributed by atoms with Crippen LogP contribution in [0.15, 0.2) is 24.3 Å². The second kappa shape index (κ2) is 6.86. The van der Waals surface area contributed by atoms with Crippen molar-refractivity contribution >= 4 is 11.6 Å². The number of hydrogen-bond donors (Lipinski definition) is 1. The Labute approximate surface area is 97.8 Å². The number of hydrogen-bond acceptors (Lipinski definition) is 1. The molecule has 2 heteroatoms. The molecule has 0 radical (unpaired) electrons. The minimum atomic E-state index is 0.798. The molecule has 0 aliphatic heterocycles. The summed E-state index contributed by atoms with van der Waals surface area (Å²) in [6.07, 6.45) is 2.53. The fourth-order valence-corrected chi connectivity index (χ4v) is 1.70. The van der Waals surface area contributed by atoms with E-state index in [1.807, 2.05) is 18.2 Å². The summed E-state index contributed by atoms with van der Waals surface area (Å²) in [4.78, 5) is 0. The van der Waals surface area contributed by atoms with Crippen molar-refractivity contribution in [3.8, 4) is 0 Å². The van der Waals surface area contributed by atoms with E-state index in [0.29, 0.717) is 0 Å². The van der Waals surface area contributed by atoms with Crippen LogP contribution < -0.4 is 5.32 Å². The lowest BCUT2D eigenvalue weighted by Gasteiger charge is -2.07. The molecule has 0 saturated carbocycles. The topological polar surface area (TPSA) is 12.0 Å². The third kappa shape index (κ3) is 5.19. The van der Waals surface area contributed by atoms with E-state index in [1.165, 1.54) is 18.4 Å². The maximum atomic E-state index is 6.05. The van der Waals surface area contributed by atoms with Crippen LogP contribution in [-0.4, -0.2) is 6.54 Å². The molecule has 15 heavy (non-hydrogen) atoms. The molecular formula is C13H20ClN. The number of rotatable bonds is 6. The van der Waals surface area contributed by atoms with Crippen molar-refractivity contribution in [1.29, 1.82) is 0 Å². The van der Waals surface area contributed by atoms with Crippen LogP contribution in [0, 0.1) is 5.92 Å². The Morgan fingerprint density at radius 1 is 1.27 bits per heavy atom. The van der Waals surface area contributed by atoms with Gasteiger partial charge in [-0.15, -0.1) is 0 Å². The van der Waals surface area contributed by atoms with Gasteiger partial charge in [-0.25, -0.2) is 0 Å². The molecule has 0 fully saturated rings. The largest absolute Gasteiger partial charge is 0.313 e. The summed E-state index contributed by atoms with van der Waals surface area (Å²) in [5.74, 6) is 0.798. The van der Waals surface area contributed by atoms with Crippen LogP contribution in [0.4, 0.5) is 0 Å². The van der Waals surface area contributed by atoms with Gasteiger partial charge in [-0.3, -0.25) is 0 Å². The zero-order valence-corrected chi connectivity index (χ0v) is 10.3. The molecular weight excluding hydrogens is 206 g/mol. The molecule has 0 spiro atoms. The molecule has 0 bridgehead atoms. The first kappa shape index (κ1) is 12.5. The van der Waals surface area contributed by atoms with E-state index in [-0.39, 0.29) is 0 Å². The molecule has 1 nitrogen and oxygen atoms in total. The molecule has 1 rings (SSSR count). The van der Waals surface area contributed by atoms with E-state index in [0.717, 1.165) is 24.0 Å². The molecule has 1 N–H and O–H groups in total. The summed E-state index contributed by atoms with van der Waals surface area (Å²) < 4.78 is 0. The maximum absolute atomic E-state index is 6.05. The Kier molecular flexibility index (Phi) is 5.74. The average Bonchev–Trinajstić information content (AvgIpc) is 2.20. The average molecular weight is 226 g/mol. The van der Waals surface area contributed by atoms with E-state index >= 15 is 0 Å². The summed E-state index contributed by atoms with van der Waals surface area (Å²) in [6, 6.07) is 7.99. The fraction of sp³-hybridized carbons (Fsp3) is 0.538. The van der Waals surface area contributed by atoms with Gasteiger partial charge in [-0.1, -0.05) is 43.6 Å². The van der Waals surface area contributed by atoms with Gasteiger partial charge in [0.1, 0.15) is 0 Å². The van der Waals surface area contributed by atoms with Crippen molar-refractivity contribution in [1.82, 2.24) is 5.32 Å². The summed E-state index contributed by atoms with van der Waals surface area (Å²) >= 11 is 6.05.